The predicted octanol–water partition coefficient (Wildman–Crippen LogP) is 0.226. The van der Waals surface area contributed by atoms with Gasteiger partial charge in [0.25, 0.3) is 0 Å². The smallest absolute Gasteiger partial charge is 0.215 e. The van der Waals surface area contributed by atoms with Crippen LogP contribution in [-0.2, 0) is 23.6 Å². The van der Waals surface area contributed by atoms with E-state index < -0.39 is 15.3 Å². The summed E-state index contributed by atoms with van der Waals surface area (Å²) in [6.07, 6.45) is 3.44. The summed E-state index contributed by atoms with van der Waals surface area (Å²) in [5.74, 6) is 0. The minimum absolute atomic E-state index is 0.279. The monoisotopic (exact) mass is 274 g/mol. The van der Waals surface area contributed by atoms with Crippen LogP contribution in [0.25, 0.3) is 0 Å². The second-order valence-corrected chi connectivity index (χ2v) is 6.95. The van der Waals surface area contributed by atoms with Gasteiger partial charge in [0, 0.05) is 37.9 Å². The highest BCUT2D eigenvalue weighted by Gasteiger charge is 2.20. The van der Waals surface area contributed by atoms with Crippen molar-refractivity contribution >= 4 is 10.0 Å². The van der Waals surface area contributed by atoms with Gasteiger partial charge in [-0.2, -0.15) is 5.10 Å². The number of hydrogen-bond acceptors (Lipinski definition) is 4. The first kappa shape index (κ1) is 15.1. The molecule has 1 rings (SSSR count). The number of nitrogens with zero attached hydrogens (tertiary/aromatic N) is 2. The number of rotatable bonds is 7. The fourth-order valence-electron chi connectivity index (χ4n) is 1.40. The Morgan fingerprint density at radius 2 is 2.06 bits per heavy atom. The van der Waals surface area contributed by atoms with Crippen LogP contribution in [0.15, 0.2) is 12.4 Å². The van der Waals surface area contributed by atoms with E-state index in [9.17, 15) is 8.42 Å². The summed E-state index contributed by atoms with van der Waals surface area (Å²) in [6.45, 7) is 6.40. The van der Waals surface area contributed by atoms with Crippen molar-refractivity contribution in [2.24, 2.45) is 7.05 Å². The zero-order valence-corrected chi connectivity index (χ0v) is 12.2. The lowest BCUT2D eigenvalue weighted by atomic mass is 10.3. The maximum absolute atomic E-state index is 11.9. The lowest BCUT2D eigenvalue weighted by molar-refractivity contribution is 0.540. The summed E-state index contributed by atoms with van der Waals surface area (Å²) < 4.78 is 28.1. The van der Waals surface area contributed by atoms with Crippen LogP contribution in [0.1, 0.15) is 26.3 Å². The molecule has 1 aromatic rings. The van der Waals surface area contributed by atoms with E-state index in [-0.39, 0.29) is 12.6 Å². The van der Waals surface area contributed by atoms with Crippen molar-refractivity contribution in [3.63, 3.8) is 0 Å². The van der Waals surface area contributed by atoms with Crippen molar-refractivity contribution in [3.05, 3.63) is 18.0 Å². The molecule has 0 saturated carbocycles. The molecule has 1 heterocycles. The van der Waals surface area contributed by atoms with Gasteiger partial charge in [0.1, 0.15) is 0 Å². The van der Waals surface area contributed by atoms with Gasteiger partial charge in [0.2, 0.25) is 10.0 Å². The van der Waals surface area contributed by atoms with Gasteiger partial charge in [-0.05, 0) is 6.92 Å². The molecule has 0 fully saturated rings. The average molecular weight is 274 g/mol. The largest absolute Gasteiger partial charge is 0.313 e. The summed E-state index contributed by atoms with van der Waals surface area (Å²) in [6, 6.07) is 0.279. The molecular weight excluding hydrogens is 252 g/mol. The van der Waals surface area contributed by atoms with Crippen LogP contribution in [0.2, 0.25) is 0 Å². The first-order chi connectivity index (χ1) is 8.31. The Kier molecular flexibility index (Phi) is 5.30. The van der Waals surface area contributed by atoms with Crippen LogP contribution in [0.5, 0.6) is 0 Å². The topological polar surface area (TPSA) is 76.0 Å². The van der Waals surface area contributed by atoms with Crippen LogP contribution < -0.4 is 10.0 Å². The SMILES string of the molecule is CC(C)NCC(C)S(=O)(=O)NCc1cnn(C)c1. The molecule has 2 N–H and O–H groups in total. The Bertz CT molecular complexity index is 467. The zero-order chi connectivity index (χ0) is 13.8. The van der Waals surface area contributed by atoms with Crippen molar-refractivity contribution in [1.82, 2.24) is 19.8 Å². The van der Waals surface area contributed by atoms with Crippen LogP contribution in [0.4, 0.5) is 0 Å². The summed E-state index contributed by atoms with van der Waals surface area (Å²) >= 11 is 0. The molecule has 0 saturated heterocycles. The second kappa shape index (κ2) is 6.31. The van der Waals surface area contributed by atoms with Gasteiger partial charge in [-0.1, -0.05) is 13.8 Å². The van der Waals surface area contributed by atoms with E-state index in [1.807, 2.05) is 13.8 Å². The van der Waals surface area contributed by atoms with Crippen molar-refractivity contribution in [2.75, 3.05) is 6.54 Å². The van der Waals surface area contributed by atoms with E-state index in [0.717, 1.165) is 5.56 Å². The number of sulfonamides is 1. The van der Waals surface area contributed by atoms with E-state index in [2.05, 4.69) is 15.1 Å². The molecular formula is C11H22N4O2S. The minimum atomic E-state index is -3.29. The van der Waals surface area contributed by atoms with E-state index in [1.54, 1.807) is 31.0 Å². The highest BCUT2D eigenvalue weighted by Crippen LogP contribution is 2.01. The lowest BCUT2D eigenvalue weighted by Gasteiger charge is -2.16. The molecule has 7 heteroatoms. The molecule has 1 atom stereocenters. The molecule has 0 aliphatic carbocycles. The van der Waals surface area contributed by atoms with Gasteiger partial charge in [-0.3, -0.25) is 4.68 Å². The summed E-state index contributed by atoms with van der Waals surface area (Å²) in [5, 5.41) is 6.65. The van der Waals surface area contributed by atoms with Gasteiger partial charge >= 0.3 is 0 Å². The quantitative estimate of drug-likeness (QED) is 0.746. The molecule has 6 nitrogen and oxygen atoms in total. The van der Waals surface area contributed by atoms with Crippen molar-refractivity contribution < 1.29 is 8.42 Å². The Labute approximate surface area is 109 Å². The van der Waals surface area contributed by atoms with Crippen molar-refractivity contribution in [1.29, 1.82) is 0 Å². The van der Waals surface area contributed by atoms with Crippen molar-refractivity contribution in [2.45, 2.75) is 38.6 Å². The number of aryl methyl sites for hydroxylation is 1. The first-order valence-corrected chi connectivity index (χ1v) is 7.55. The molecule has 0 radical (unpaired) electrons. The first-order valence-electron chi connectivity index (χ1n) is 6.00. The maximum atomic E-state index is 11.9. The van der Waals surface area contributed by atoms with Gasteiger partial charge in [0.15, 0.2) is 0 Å². The molecule has 104 valence electrons. The van der Waals surface area contributed by atoms with E-state index >= 15 is 0 Å². The van der Waals surface area contributed by atoms with Gasteiger partial charge in [0.05, 0.1) is 11.4 Å². The number of aromatic nitrogens is 2. The molecule has 0 amide bonds. The fraction of sp³-hybridized carbons (Fsp3) is 0.727. The summed E-state index contributed by atoms with van der Waals surface area (Å²) in [7, 11) is -1.50. The molecule has 1 aromatic heterocycles. The highest BCUT2D eigenvalue weighted by molar-refractivity contribution is 7.90. The number of nitrogens with one attached hydrogen (secondary N) is 2. The van der Waals surface area contributed by atoms with Gasteiger partial charge in [-0.15, -0.1) is 0 Å². The predicted molar refractivity (Wildman–Crippen MR) is 71.6 cm³/mol. The van der Waals surface area contributed by atoms with Crippen LogP contribution in [0.3, 0.4) is 0 Å². The highest BCUT2D eigenvalue weighted by atomic mass is 32.2. The summed E-state index contributed by atoms with van der Waals surface area (Å²) in [4.78, 5) is 0. The molecule has 0 aliphatic rings. The third kappa shape index (κ3) is 4.75. The number of hydrogen-bond donors (Lipinski definition) is 2. The molecule has 1 unspecified atom stereocenters. The second-order valence-electron chi connectivity index (χ2n) is 4.76. The van der Waals surface area contributed by atoms with Gasteiger partial charge < -0.3 is 5.32 Å². The Hall–Kier alpha value is -0.920. The van der Waals surface area contributed by atoms with Crippen molar-refractivity contribution in [3.8, 4) is 0 Å². The Balaban J connectivity index is 2.48. The van der Waals surface area contributed by atoms with E-state index in [0.29, 0.717) is 6.54 Å². The molecule has 0 bridgehead atoms. The van der Waals surface area contributed by atoms with E-state index in [4.69, 9.17) is 0 Å². The molecule has 0 aromatic carbocycles. The average Bonchev–Trinajstić information content (AvgIpc) is 2.69. The summed E-state index contributed by atoms with van der Waals surface area (Å²) in [5.41, 5.74) is 0.852. The minimum Gasteiger partial charge on any atom is -0.313 e. The molecule has 0 spiro atoms. The lowest BCUT2D eigenvalue weighted by Crippen LogP contribution is -2.40. The normalized spacial score (nSPS) is 14.1. The van der Waals surface area contributed by atoms with Gasteiger partial charge in [-0.25, -0.2) is 13.1 Å². The fourth-order valence-corrected chi connectivity index (χ4v) is 2.37. The zero-order valence-electron chi connectivity index (χ0n) is 11.3. The standard InChI is InChI=1S/C11H22N4O2S/c1-9(2)12-5-10(3)18(16,17)14-7-11-6-13-15(4)8-11/h6,8-10,12,14H,5,7H2,1-4H3. The van der Waals surface area contributed by atoms with Crippen LogP contribution >= 0.6 is 0 Å². The van der Waals surface area contributed by atoms with Crippen LogP contribution in [0, 0.1) is 0 Å². The molecule has 0 aliphatic heterocycles. The third-order valence-corrected chi connectivity index (χ3v) is 4.35. The Morgan fingerprint density at radius 1 is 1.39 bits per heavy atom. The molecule has 18 heavy (non-hydrogen) atoms. The van der Waals surface area contributed by atoms with Crippen LogP contribution in [-0.4, -0.2) is 36.0 Å². The Morgan fingerprint density at radius 3 is 2.56 bits per heavy atom. The third-order valence-electron chi connectivity index (χ3n) is 2.58. The van der Waals surface area contributed by atoms with E-state index in [1.165, 1.54) is 0 Å². The maximum Gasteiger partial charge on any atom is 0.215 e.